The van der Waals surface area contributed by atoms with Gasteiger partial charge in [0.15, 0.2) is 0 Å². The minimum Gasteiger partial charge on any atom is -0.488 e. The first-order valence-electron chi connectivity index (χ1n) is 6.31. The van der Waals surface area contributed by atoms with E-state index in [1.165, 1.54) is 11.1 Å². The number of hydrogen-bond acceptors (Lipinski definition) is 2. The molecule has 0 aliphatic carbocycles. The Bertz CT molecular complexity index is 633. The number of hydrogen-bond donors (Lipinski definition) is 2. The molecule has 0 fully saturated rings. The van der Waals surface area contributed by atoms with Crippen molar-refractivity contribution in [2.45, 2.75) is 20.5 Å². The van der Waals surface area contributed by atoms with E-state index >= 15 is 0 Å². The van der Waals surface area contributed by atoms with Gasteiger partial charge in [0, 0.05) is 5.02 Å². The number of nitrogen functional groups attached to an aromatic ring is 1. The highest BCUT2D eigenvalue weighted by Crippen LogP contribution is 2.25. The fourth-order valence-corrected chi connectivity index (χ4v) is 2.23. The van der Waals surface area contributed by atoms with Gasteiger partial charge in [-0.3, -0.25) is 5.41 Å². The lowest BCUT2D eigenvalue weighted by atomic mass is 10.0. The lowest BCUT2D eigenvalue weighted by molar-refractivity contribution is 0.304. The fourth-order valence-electron chi connectivity index (χ4n) is 2.06. The molecule has 2 aromatic rings. The summed E-state index contributed by atoms with van der Waals surface area (Å²) in [7, 11) is 0. The lowest BCUT2D eigenvalue weighted by Crippen LogP contribution is -2.13. The van der Waals surface area contributed by atoms with Crippen molar-refractivity contribution < 1.29 is 4.74 Å². The van der Waals surface area contributed by atoms with Gasteiger partial charge in [-0.1, -0.05) is 29.8 Å². The van der Waals surface area contributed by atoms with Gasteiger partial charge in [-0.25, -0.2) is 0 Å². The van der Waals surface area contributed by atoms with E-state index in [1.54, 1.807) is 18.2 Å². The van der Waals surface area contributed by atoms with Gasteiger partial charge < -0.3 is 10.5 Å². The van der Waals surface area contributed by atoms with E-state index in [9.17, 15) is 0 Å². The Balaban J connectivity index is 2.27. The number of nitrogens with two attached hydrogens (primary N) is 1. The highest BCUT2D eigenvalue weighted by molar-refractivity contribution is 6.30. The highest BCUT2D eigenvalue weighted by atomic mass is 35.5. The summed E-state index contributed by atoms with van der Waals surface area (Å²) < 4.78 is 5.82. The van der Waals surface area contributed by atoms with Crippen LogP contribution in [0.2, 0.25) is 5.02 Å². The number of benzene rings is 2. The van der Waals surface area contributed by atoms with Crippen LogP contribution in [0, 0.1) is 19.3 Å². The Kier molecular flexibility index (Phi) is 4.30. The first-order valence-corrected chi connectivity index (χ1v) is 6.68. The van der Waals surface area contributed by atoms with Crippen LogP contribution in [0.25, 0.3) is 0 Å². The van der Waals surface area contributed by atoms with E-state index in [1.807, 2.05) is 6.07 Å². The average molecular weight is 289 g/mol. The molecule has 3 N–H and O–H groups in total. The Morgan fingerprint density at radius 3 is 2.45 bits per heavy atom. The molecule has 0 heterocycles. The maximum absolute atomic E-state index is 7.57. The summed E-state index contributed by atoms with van der Waals surface area (Å²) in [5, 5.41) is 8.13. The normalized spacial score (nSPS) is 10.3. The van der Waals surface area contributed by atoms with Gasteiger partial charge in [-0.05, 0) is 48.7 Å². The van der Waals surface area contributed by atoms with E-state index in [0.29, 0.717) is 22.9 Å². The molecule has 0 saturated heterocycles. The Hall–Kier alpha value is -2.00. The topological polar surface area (TPSA) is 59.1 Å². The molecule has 2 aromatic carbocycles. The molecule has 20 heavy (non-hydrogen) atoms. The van der Waals surface area contributed by atoms with Crippen molar-refractivity contribution in [1.29, 1.82) is 5.41 Å². The van der Waals surface area contributed by atoms with Crippen molar-refractivity contribution in [3.63, 3.8) is 0 Å². The van der Waals surface area contributed by atoms with Gasteiger partial charge in [0.1, 0.15) is 18.2 Å². The molecule has 0 unspecified atom stereocenters. The average Bonchev–Trinajstić information content (AvgIpc) is 2.37. The summed E-state index contributed by atoms with van der Waals surface area (Å²) in [4.78, 5) is 0. The summed E-state index contributed by atoms with van der Waals surface area (Å²) in [6, 6.07) is 11.2. The zero-order chi connectivity index (χ0) is 14.7. The Labute approximate surface area is 123 Å². The number of aryl methyl sites for hydroxylation is 2. The van der Waals surface area contributed by atoms with Gasteiger partial charge in [0.05, 0.1) is 5.56 Å². The minimum atomic E-state index is -0.0295. The zero-order valence-electron chi connectivity index (χ0n) is 11.5. The summed E-state index contributed by atoms with van der Waals surface area (Å²) in [5.41, 5.74) is 9.60. The third kappa shape index (κ3) is 3.11. The summed E-state index contributed by atoms with van der Waals surface area (Å²) in [6.07, 6.45) is 0. The molecular weight excluding hydrogens is 272 g/mol. The van der Waals surface area contributed by atoms with Gasteiger partial charge in [-0.15, -0.1) is 0 Å². The van der Waals surface area contributed by atoms with Crippen LogP contribution in [0.3, 0.4) is 0 Å². The maximum Gasteiger partial charge on any atom is 0.132 e. The lowest BCUT2D eigenvalue weighted by Gasteiger charge is -2.14. The molecule has 0 radical (unpaired) electrons. The molecule has 0 atom stereocenters. The van der Waals surface area contributed by atoms with Gasteiger partial charge >= 0.3 is 0 Å². The van der Waals surface area contributed by atoms with Crippen molar-refractivity contribution in [3.8, 4) is 5.75 Å². The van der Waals surface area contributed by atoms with Crippen molar-refractivity contribution in [1.82, 2.24) is 0 Å². The predicted octanol–water partition coefficient (Wildman–Crippen LogP) is 3.82. The summed E-state index contributed by atoms with van der Waals surface area (Å²) in [6.45, 7) is 4.53. The van der Waals surface area contributed by atoms with Crippen molar-refractivity contribution in [2.24, 2.45) is 5.73 Å². The van der Waals surface area contributed by atoms with E-state index < -0.39 is 0 Å². The van der Waals surface area contributed by atoms with Crippen LogP contribution in [0.15, 0.2) is 36.4 Å². The van der Waals surface area contributed by atoms with E-state index in [0.717, 1.165) is 5.56 Å². The predicted molar refractivity (Wildman–Crippen MR) is 82.7 cm³/mol. The fraction of sp³-hybridized carbons (Fsp3) is 0.188. The van der Waals surface area contributed by atoms with Gasteiger partial charge in [-0.2, -0.15) is 0 Å². The second-order valence-corrected chi connectivity index (χ2v) is 5.15. The van der Waals surface area contributed by atoms with Crippen molar-refractivity contribution in [3.05, 3.63) is 63.7 Å². The quantitative estimate of drug-likeness (QED) is 0.664. The Morgan fingerprint density at radius 2 is 1.85 bits per heavy atom. The number of rotatable bonds is 4. The first-order chi connectivity index (χ1) is 9.49. The van der Waals surface area contributed by atoms with E-state index in [-0.39, 0.29) is 5.84 Å². The second kappa shape index (κ2) is 5.97. The molecule has 0 bridgehead atoms. The minimum absolute atomic E-state index is 0.0295. The van der Waals surface area contributed by atoms with Crippen LogP contribution in [-0.2, 0) is 6.61 Å². The molecule has 104 valence electrons. The van der Waals surface area contributed by atoms with Gasteiger partial charge in [0.25, 0.3) is 0 Å². The van der Waals surface area contributed by atoms with E-state index in [2.05, 4.69) is 26.0 Å². The second-order valence-electron chi connectivity index (χ2n) is 4.71. The molecule has 0 saturated carbocycles. The largest absolute Gasteiger partial charge is 0.488 e. The van der Waals surface area contributed by atoms with Crippen LogP contribution < -0.4 is 10.5 Å². The monoisotopic (exact) mass is 288 g/mol. The molecule has 4 heteroatoms. The highest BCUT2D eigenvalue weighted by Gasteiger charge is 2.09. The molecule has 2 rings (SSSR count). The van der Waals surface area contributed by atoms with Crippen molar-refractivity contribution >= 4 is 17.4 Å². The molecule has 0 amide bonds. The van der Waals surface area contributed by atoms with Crippen molar-refractivity contribution in [2.75, 3.05) is 0 Å². The van der Waals surface area contributed by atoms with Gasteiger partial charge in [0.2, 0.25) is 0 Å². The molecule has 3 nitrogen and oxygen atoms in total. The number of ether oxygens (including phenoxy) is 1. The molecular formula is C16H17ClN2O. The van der Waals surface area contributed by atoms with Crippen LogP contribution >= 0.6 is 11.6 Å². The smallest absolute Gasteiger partial charge is 0.132 e. The Morgan fingerprint density at radius 1 is 1.20 bits per heavy atom. The SMILES string of the molecule is Cc1cccc(C)c1COc1cc(Cl)ccc1C(=N)N. The molecule has 0 aromatic heterocycles. The first kappa shape index (κ1) is 14.4. The molecule has 0 aliphatic heterocycles. The van der Waals surface area contributed by atoms with Crippen LogP contribution in [0.5, 0.6) is 5.75 Å². The molecule has 0 aliphatic rings. The number of nitrogens with one attached hydrogen (secondary N) is 1. The third-order valence-corrected chi connectivity index (χ3v) is 3.49. The third-order valence-electron chi connectivity index (χ3n) is 3.25. The standard InChI is InChI=1S/C16H17ClN2O/c1-10-4-3-5-11(2)14(10)9-20-15-8-12(17)6-7-13(15)16(18)19/h3-8H,9H2,1-2H3,(H3,18,19). The zero-order valence-corrected chi connectivity index (χ0v) is 12.3. The molecule has 0 spiro atoms. The van der Waals surface area contributed by atoms with Crippen LogP contribution in [-0.4, -0.2) is 5.84 Å². The summed E-state index contributed by atoms with van der Waals surface area (Å²) in [5.74, 6) is 0.505. The van der Waals surface area contributed by atoms with Crippen LogP contribution in [0.4, 0.5) is 0 Å². The van der Waals surface area contributed by atoms with E-state index in [4.69, 9.17) is 27.5 Å². The summed E-state index contributed by atoms with van der Waals surface area (Å²) >= 11 is 5.97. The maximum atomic E-state index is 7.57. The number of halogens is 1. The van der Waals surface area contributed by atoms with Crippen LogP contribution in [0.1, 0.15) is 22.3 Å². The number of amidine groups is 1.